The molecule has 9 heteroatoms. The summed E-state index contributed by atoms with van der Waals surface area (Å²) in [7, 11) is 3.28. The second-order valence-corrected chi connectivity index (χ2v) is 10.1. The molecule has 0 saturated heterocycles. The molecule has 0 spiro atoms. The van der Waals surface area contributed by atoms with Crippen LogP contribution in [0, 0.1) is 11.3 Å². The van der Waals surface area contributed by atoms with Crippen molar-refractivity contribution in [3.63, 3.8) is 0 Å². The lowest BCUT2D eigenvalue weighted by atomic mass is 9.98. The highest BCUT2D eigenvalue weighted by atomic mass is 32.1. The first-order valence-electron chi connectivity index (χ1n) is 11.7. The zero-order valence-electron chi connectivity index (χ0n) is 21.8. The molecule has 2 aromatic carbocycles. The van der Waals surface area contributed by atoms with E-state index in [0.29, 0.717) is 11.5 Å². The van der Waals surface area contributed by atoms with Crippen molar-refractivity contribution >= 4 is 22.7 Å². The SMILES string of the molecule is COc1cc(C(C)C)c(O)cc1-c1cscn1.COc1cc(C(C)C)c(OCC#N)cc1-c1cscn1. The van der Waals surface area contributed by atoms with Crippen LogP contribution in [-0.4, -0.2) is 35.9 Å². The number of benzene rings is 2. The van der Waals surface area contributed by atoms with E-state index in [1.165, 1.54) is 22.7 Å². The van der Waals surface area contributed by atoms with E-state index >= 15 is 0 Å². The summed E-state index contributed by atoms with van der Waals surface area (Å²) in [6.45, 7) is 8.27. The number of ether oxygens (including phenoxy) is 3. The van der Waals surface area contributed by atoms with Gasteiger partial charge in [-0.15, -0.1) is 22.7 Å². The van der Waals surface area contributed by atoms with E-state index in [2.05, 4.69) is 23.8 Å². The topological polar surface area (TPSA) is 97.5 Å². The van der Waals surface area contributed by atoms with Crippen molar-refractivity contribution in [3.05, 3.63) is 57.2 Å². The van der Waals surface area contributed by atoms with Crippen molar-refractivity contribution in [2.24, 2.45) is 0 Å². The quantitative estimate of drug-likeness (QED) is 0.249. The normalized spacial score (nSPS) is 10.6. The molecular formula is C28H31N3O4S2. The molecule has 0 radical (unpaired) electrons. The Bertz CT molecular complexity index is 1330. The van der Waals surface area contributed by atoms with E-state index in [1.807, 2.05) is 48.9 Å². The first kappa shape index (κ1) is 28.0. The molecule has 0 unspecified atom stereocenters. The minimum absolute atomic E-state index is 0.0303. The largest absolute Gasteiger partial charge is 0.508 e. The third-order valence-electron chi connectivity index (χ3n) is 5.63. The highest BCUT2D eigenvalue weighted by Gasteiger charge is 2.17. The van der Waals surface area contributed by atoms with Crippen LogP contribution in [0.3, 0.4) is 0 Å². The lowest BCUT2D eigenvalue weighted by Crippen LogP contribution is -2.01. The van der Waals surface area contributed by atoms with Gasteiger partial charge in [-0.25, -0.2) is 9.97 Å². The van der Waals surface area contributed by atoms with Crippen LogP contribution in [0.4, 0.5) is 0 Å². The summed E-state index contributed by atoms with van der Waals surface area (Å²) < 4.78 is 16.4. The van der Waals surface area contributed by atoms with Gasteiger partial charge < -0.3 is 19.3 Å². The van der Waals surface area contributed by atoms with Crippen LogP contribution in [0.5, 0.6) is 23.0 Å². The number of nitriles is 1. The molecule has 1 N–H and O–H groups in total. The Labute approximate surface area is 226 Å². The minimum Gasteiger partial charge on any atom is -0.508 e. The zero-order chi connectivity index (χ0) is 26.9. The Hall–Kier alpha value is -3.61. The fourth-order valence-corrected chi connectivity index (χ4v) is 4.84. The number of phenols is 1. The molecule has 2 heterocycles. The minimum atomic E-state index is 0.0303. The number of phenolic OH excluding ortho intramolecular Hbond substituents is 1. The third-order valence-corrected chi connectivity index (χ3v) is 6.81. The Morgan fingerprint density at radius 1 is 0.811 bits per heavy atom. The van der Waals surface area contributed by atoms with Gasteiger partial charge in [0.2, 0.25) is 0 Å². The first-order valence-corrected chi connectivity index (χ1v) is 13.6. The molecule has 0 saturated carbocycles. The van der Waals surface area contributed by atoms with Crippen LogP contribution in [-0.2, 0) is 0 Å². The number of thiazole rings is 2. The van der Waals surface area contributed by atoms with Crippen molar-refractivity contribution in [1.82, 2.24) is 9.97 Å². The summed E-state index contributed by atoms with van der Waals surface area (Å²) >= 11 is 3.05. The monoisotopic (exact) mass is 537 g/mol. The Balaban J connectivity index is 0.000000208. The van der Waals surface area contributed by atoms with Crippen LogP contribution in [0.25, 0.3) is 22.5 Å². The summed E-state index contributed by atoms with van der Waals surface area (Å²) in [4.78, 5) is 8.55. The summed E-state index contributed by atoms with van der Waals surface area (Å²) in [6, 6.07) is 9.47. The van der Waals surface area contributed by atoms with Gasteiger partial charge >= 0.3 is 0 Å². The van der Waals surface area contributed by atoms with Gasteiger partial charge in [0, 0.05) is 33.0 Å². The number of hydrogen-bond donors (Lipinski definition) is 1. The molecular weight excluding hydrogens is 506 g/mol. The van der Waals surface area contributed by atoms with E-state index in [1.54, 1.807) is 31.3 Å². The van der Waals surface area contributed by atoms with Gasteiger partial charge in [0.25, 0.3) is 0 Å². The molecule has 0 aliphatic heterocycles. The molecule has 2 aromatic heterocycles. The molecule has 0 fully saturated rings. The van der Waals surface area contributed by atoms with Crippen LogP contribution in [0.2, 0.25) is 0 Å². The van der Waals surface area contributed by atoms with Crippen molar-refractivity contribution in [3.8, 4) is 51.6 Å². The molecule has 4 rings (SSSR count). The highest BCUT2D eigenvalue weighted by Crippen LogP contribution is 2.39. The lowest BCUT2D eigenvalue weighted by Gasteiger charge is -2.16. The molecule has 37 heavy (non-hydrogen) atoms. The summed E-state index contributed by atoms with van der Waals surface area (Å²) in [5.74, 6) is 3.06. The van der Waals surface area contributed by atoms with Crippen LogP contribution < -0.4 is 14.2 Å². The van der Waals surface area contributed by atoms with Crippen molar-refractivity contribution in [2.75, 3.05) is 20.8 Å². The number of hydrogen-bond acceptors (Lipinski definition) is 9. The zero-order valence-corrected chi connectivity index (χ0v) is 23.4. The molecule has 7 nitrogen and oxygen atoms in total. The molecule has 4 aromatic rings. The van der Waals surface area contributed by atoms with Crippen molar-refractivity contribution in [1.29, 1.82) is 5.26 Å². The molecule has 0 bridgehead atoms. The van der Waals surface area contributed by atoms with E-state index in [9.17, 15) is 5.11 Å². The average molecular weight is 538 g/mol. The standard InChI is InChI=1S/C15H16N2O2S.C13H15NO2S/c1-10(2)11-6-14(18-3)12(13-8-20-9-17-13)7-15(11)19-5-4-16;1-8(2)9-5-13(16-3)10(4-12(9)15)11-6-17-7-14-11/h6-10H,5H2,1-3H3;4-8,15H,1-3H3. The van der Waals surface area contributed by atoms with Crippen LogP contribution in [0.15, 0.2) is 46.0 Å². The predicted molar refractivity (Wildman–Crippen MR) is 149 cm³/mol. The average Bonchev–Trinajstić information content (AvgIpc) is 3.62. The Morgan fingerprint density at radius 3 is 1.76 bits per heavy atom. The molecule has 0 atom stereocenters. The highest BCUT2D eigenvalue weighted by molar-refractivity contribution is 7.08. The molecule has 0 aliphatic carbocycles. The maximum atomic E-state index is 10.0. The number of nitrogens with zero attached hydrogens (tertiary/aromatic N) is 3. The first-order chi connectivity index (χ1) is 17.8. The number of rotatable bonds is 8. The summed E-state index contributed by atoms with van der Waals surface area (Å²) in [5, 5.41) is 22.6. The van der Waals surface area contributed by atoms with Gasteiger partial charge in [-0.1, -0.05) is 27.7 Å². The third kappa shape index (κ3) is 6.79. The van der Waals surface area contributed by atoms with E-state index < -0.39 is 0 Å². The van der Waals surface area contributed by atoms with Crippen LogP contribution >= 0.6 is 22.7 Å². The maximum absolute atomic E-state index is 10.0. The predicted octanol–water partition coefficient (Wildman–Crippen LogP) is 7.49. The van der Waals surface area contributed by atoms with Gasteiger partial charge in [0.15, 0.2) is 6.61 Å². The van der Waals surface area contributed by atoms with Crippen molar-refractivity contribution in [2.45, 2.75) is 39.5 Å². The van der Waals surface area contributed by atoms with E-state index in [0.717, 1.165) is 45.1 Å². The smallest absolute Gasteiger partial charge is 0.174 e. The fourth-order valence-electron chi connectivity index (χ4n) is 3.74. The second-order valence-electron chi connectivity index (χ2n) is 8.71. The fraction of sp³-hybridized carbons (Fsp3) is 0.321. The number of aromatic hydroxyl groups is 1. The van der Waals surface area contributed by atoms with Gasteiger partial charge in [-0.3, -0.25) is 0 Å². The van der Waals surface area contributed by atoms with Gasteiger partial charge in [-0.05, 0) is 36.1 Å². The van der Waals surface area contributed by atoms with E-state index in [-0.39, 0.29) is 18.4 Å². The van der Waals surface area contributed by atoms with Crippen molar-refractivity contribution < 1.29 is 19.3 Å². The maximum Gasteiger partial charge on any atom is 0.174 e. The summed E-state index contributed by atoms with van der Waals surface area (Å²) in [5.41, 5.74) is 8.85. The molecule has 0 amide bonds. The van der Waals surface area contributed by atoms with Gasteiger partial charge in [0.05, 0.1) is 36.6 Å². The van der Waals surface area contributed by atoms with Gasteiger partial charge in [0.1, 0.15) is 29.1 Å². The Kier molecular flexibility index (Phi) is 9.89. The lowest BCUT2D eigenvalue weighted by molar-refractivity contribution is 0.360. The summed E-state index contributed by atoms with van der Waals surface area (Å²) in [6.07, 6.45) is 0. The van der Waals surface area contributed by atoms with Gasteiger partial charge in [-0.2, -0.15) is 5.26 Å². The number of aromatic nitrogens is 2. The second kappa shape index (κ2) is 13.1. The molecule has 194 valence electrons. The Morgan fingerprint density at radius 2 is 1.32 bits per heavy atom. The number of methoxy groups -OCH3 is 2. The van der Waals surface area contributed by atoms with E-state index in [4.69, 9.17) is 19.5 Å². The van der Waals surface area contributed by atoms with Crippen LogP contribution in [0.1, 0.15) is 50.7 Å². The molecule has 0 aliphatic rings.